The highest BCUT2D eigenvalue weighted by molar-refractivity contribution is 5.78. The monoisotopic (exact) mass is 334 g/mol. The van der Waals surface area contributed by atoms with Crippen LogP contribution in [0.15, 0.2) is 24.3 Å². The zero-order valence-electron chi connectivity index (χ0n) is 14.3. The van der Waals surface area contributed by atoms with Gasteiger partial charge in [0, 0.05) is 26.2 Å². The lowest BCUT2D eigenvalue weighted by Gasteiger charge is -2.35. The van der Waals surface area contributed by atoms with Crippen molar-refractivity contribution >= 4 is 5.91 Å². The van der Waals surface area contributed by atoms with Gasteiger partial charge in [0.2, 0.25) is 5.91 Å². The summed E-state index contributed by atoms with van der Waals surface area (Å²) in [6, 6.07) is 6.77. The molecule has 24 heavy (non-hydrogen) atoms. The Morgan fingerprint density at radius 3 is 2.67 bits per heavy atom. The van der Waals surface area contributed by atoms with E-state index in [1.807, 2.05) is 17.0 Å². The van der Waals surface area contributed by atoms with E-state index in [4.69, 9.17) is 4.74 Å². The van der Waals surface area contributed by atoms with Gasteiger partial charge in [-0.05, 0) is 49.3 Å². The van der Waals surface area contributed by atoms with Crippen LogP contribution in [-0.4, -0.2) is 61.6 Å². The van der Waals surface area contributed by atoms with Crippen LogP contribution in [0.25, 0.3) is 0 Å². The molecule has 2 fully saturated rings. The van der Waals surface area contributed by atoms with Crippen molar-refractivity contribution in [3.05, 3.63) is 35.6 Å². The van der Waals surface area contributed by atoms with Crippen LogP contribution < -0.4 is 0 Å². The summed E-state index contributed by atoms with van der Waals surface area (Å²) in [5.74, 6) is 0.622. The van der Waals surface area contributed by atoms with Crippen molar-refractivity contribution in [3.8, 4) is 0 Å². The second kappa shape index (κ2) is 8.58. The maximum absolute atomic E-state index is 13.0. The summed E-state index contributed by atoms with van der Waals surface area (Å²) in [7, 11) is 0. The summed E-state index contributed by atoms with van der Waals surface area (Å²) >= 11 is 0. The van der Waals surface area contributed by atoms with E-state index >= 15 is 0 Å². The molecule has 0 aliphatic carbocycles. The summed E-state index contributed by atoms with van der Waals surface area (Å²) in [5.41, 5.74) is 1.17. The number of hydrogen-bond acceptors (Lipinski definition) is 3. The van der Waals surface area contributed by atoms with Crippen molar-refractivity contribution in [2.75, 3.05) is 45.9 Å². The summed E-state index contributed by atoms with van der Waals surface area (Å²) in [6.45, 7) is 5.44. The summed E-state index contributed by atoms with van der Waals surface area (Å²) < 4.78 is 18.3. The zero-order chi connectivity index (χ0) is 16.8. The molecule has 2 heterocycles. The van der Waals surface area contributed by atoms with Crippen LogP contribution in [0, 0.1) is 11.7 Å². The largest absolute Gasteiger partial charge is 0.379 e. The molecule has 0 unspecified atom stereocenters. The maximum Gasteiger partial charge on any atom is 0.236 e. The van der Waals surface area contributed by atoms with E-state index in [0.29, 0.717) is 12.5 Å². The quantitative estimate of drug-likeness (QED) is 0.828. The van der Waals surface area contributed by atoms with Gasteiger partial charge in [0.1, 0.15) is 5.82 Å². The third kappa shape index (κ3) is 5.02. The molecule has 2 saturated heterocycles. The van der Waals surface area contributed by atoms with Crippen LogP contribution in [0.4, 0.5) is 4.39 Å². The Balaban J connectivity index is 1.44. The number of amides is 1. The van der Waals surface area contributed by atoms with Gasteiger partial charge in [0.25, 0.3) is 0 Å². The second-order valence-electron chi connectivity index (χ2n) is 6.90. The molecule has 0 spiro atoms. The number of halogens is 1. The smallest absolute Gasteiger partial charge is 0.236 e. The van der Waals surface area contributed by atoms with Crippen molar-refractivity contribution in [1.82, 2.24) is 9.80 Å². The standard InChI is InChI=1S/C19H27FN2O2/c20-18-7-5-16(6-8-18)3-4-17-2-1-9-22(14-17)19(23)15-21-10-12-24-13-11-21/h5-8,17H,1-4,9-15H2/t17-/m0/s1. The molecule has 0 bridgehead atoms. The molecule has 0 saturated carbocycles. The van der Waals surface area contributed by atoms with Gasteiger partial charge in [-0.15, -0.1) is 0 Å². The lowest BCUT2D eigenvalue weighted by molar-refractivity contribution is -0.135. The first kappa shape index (κ1) is 17.4. The molecular weight excluding hydrogens is 307 g/mol. The van der Waals surface area contributed by atoms with E-state index in [1.165, 1.54) is 24.1 Å². The van der Waals surface area contributed by atoms with E-state index in [9.17, 15) is 9.18 Å². The predicted octanol–water partition coefficient (Wildman–Crippen LogP) is 2.33. The Labute approximate surface area is 143 Å². The maximum atomic E-state index is 13.0. The van der Waals surface area contributed by atoms with Crippen molar-refractivity contribution in [2.45, 2.75) is 25.7 Å². The van der Waals surface area contributed by atoms with Gasteiger partial charge in [-0.1, -0.05) is 12.1 Å². The number of likely N-dealkylation sites (tertiary alicyclic amines) is 1. The molecule has 2 aliphatic heterocycles. The summed E-state index contributed by atoms with van der Waals surface area (Å²) in [4.78, 5) is 16.7. The molecule has 2 aliphatic rings. The lowest BCUT2D eigenvalue weighted by atomic mass is 9.91. The number of piperidine rings is 1. The van der Waals surface area contributed by atoms with Gasteiger partial charge in [-0.3, -0.25) is 9.69 Å². The highest BCUT2D eigenvalue weighted by Crippen LogP contribution is 2.22. The molecule has 1 amide bonds. The number of nitrogens with zero attached hydrogens (tertiary/aromatic N) is 2. The van der Waals surface area contributed by atoms with Gasteiger partial charge in [-0.2, -0.15) is 0 Å². The molecule has 4 nitrogen and oxygen atoms in total. The minimum Gasteiger partial charge on any atom is -0.379 e. The van der Waals surface area contributed by atoms with Crippen LogP contribution in [0.1, 0.15) is 24.8 Å². The number of carbonyl (C=O) groups is 1. The number of carbonyl (C=O) groups excluding carboxylic acids is 1. The molecule has 0 aromatic heterocycles. The first-order valence-electron chi connectivity index (χ1n) is 9.03. The van der Waals surface area contributed by atoms with Gasteiger partial charge < -0.3 is 9.64 Å². The van der Waals surface area contributed by atoms with Crippen LogP contribution in [0.3, 0.4) is 0 Å². The van der Waals surface area contributed by atoms with Crippen molar-refractivity contribution in [1.29, 1.82) is 0 Å². The molecule has 132 valence electrons. The SMILES string of the molecule is O=C(CN1CCOCC1)N1CCC[C@@H](CCc2ccc(F)cc2)C1. The summed E-state index contributed by atoms with van der Waals surface area (Å²) in [5, 5.41) is 0. The Morgan fingerprint density at radius 2 is 1.92 bits per heavy atom. The molecule has 5 heteroatoms. The van der Waals surface area contributed by atoms with E-state index in [2.05, 4.69) is 4.90 Å². The van der Waals surface area contributed by atoms with Crippen LogP contribution in [0.5, 0.6) is 0 Å². The number of benzene rings is 1. The first-order chi connectivity index (χ1) is 11.7. The fourth-order valence-corrected chi connectivity index (χ4v) is 3.60. The highest BCUT2D eigenvalue weighted by Gasteiger charge is 2.25. The average Bonchev–Trinajstić information content (AvgIpc) is 2.62. The molecule has 1 aromatic carbocycles. The Kier molecular flexibility index (Phi) is 6.21. The van der Waals surface area contributed by atoms with Crippen LogP contribution in [0.2, 0.25) is 0 Å². The predicted molar refractivity (Wildman–Crippen MR) is 91.3 cm³/mol. The van der Waals surface area contributed by atoms with Crippen molar-refractivity contribution in [2.24, 2.45) is 5.92 Å². The normalized spacial score (nSPS) is 22.5. The van der Waals surface area contributed by atoms with Gasteiger partial charge in [0.05, 0.1) is 19.8 Å². The first-order valence-corrected chi connectivity index (χ1v) is 9.03. The lowest BCUT2D eigenvalue weighted by Crippen LogP contribution is -2.47. The van der Waals surface area contributed by atoms with E-state index < -0.39 is 0 Å². The Hall–Kier alpha value is -1.46. The number of aryl methyl sites for hydroxylation is 1. The minimum absolute atomic E-state index is 0.184. The second-order valence-corrected chi connectivity index (χ2v) is 6.90. The number of rotatable bonds is 5. The molecule has 0 N–H and O–H groups in total. The number of hydrogen-bond donors (Lipinski definition) is 0. The third-order valence-corrected chi connectivity index (χ3v) is 5.09. The zero-order valence-corrected chi connectivity index (χ0v) is 14.3. The Morgan fingerprint density at radius 1 is 1.17 bits per heavy atom. The molecular formula is C19H27FN2O2. The highest BCUT2D eigenvalue weighted by atomic mass is 19.1. The van der Waals surface area contributed by atoms with E-state index in [-0.39, 0.29) is 11.7 Å². The van der Waals surface area contributed by atoms with Gasteiger partial charge >= 0.3 is 0 Å². The number of morpholine rings is 1. The topological polar surface area (TPSA) is 32.8 Å². The molecule has 1 aromatic rings. The van der Waals surface area contributed by atoms with E-state index in [1.54, 1.807) is 0 Å². The third-order valence-electron chi connectivity index (χ3n) is 5.09. The van der Waals surface area contributed by atoms with Gasteiger partial charge in [-0.25, -0.2) is 4.39 Å². The average molecular weight is 334 g/mol. The molecule has 0 radical (unpaired) electrons. The van der Waals surface area contributed by atoms with Crippen molar-refractivity contribution in [3.63, 3.8) is 0 Å². The molecule has 1 atom stereocenters. The van der Waals surface area contributed by atoms with Gasteiger partial charge in [0.15, 0.2) is 0 Å². The fraction of sp³-hybridized carbons (Fsp3) is 0.632. The summed E-state index contributed by atoms with van der Waals surface area (Å²) in [6.07, 6.45) is 4.29. The number of ether oxygens (including phenoxy) is 1. The van der Waals surface area contributed by atoms with Crippen LogP contribution >= 0.6 is 0 Å². The van der Waals surface area contributed by atoms with E-state index in [0.717, 1.165) is 58.7 Å². The minimum atomic E-state index is -0.184. The molecule has 3 rings (SSSR count). The fourth-order valence-electron chi connectivity index (χ4n) is 3.60. The Bertz CT molecular complexity index is 529. The van der Waals surface area contributed by atoms with Crippen molar-refractivity contribution < 1.29 is 13.9 Å². The van der Waals surface area contributed by atoms with Crippen LogP contribution in [-0.2, 0) is 16.0 Å².